The van der Waals surface area contributed by atoms with E-state index in [2.05, 4.69) is 20.6 Å². The molecule has 8 heteroatoms. The fraction of sp³-hybridized carbons (Fsp3) is 0.538. The molecule has 2 N–H and O–H groups in total. The van der Waals surface area contributed by atoms with Gasteiger partial charge in [0.2, 0.25) is 0 Å². The number of aromatic nitrogens is 5. The fourth-order valence-electron chi connectivity index (χ4n) is 2.19. The number of aryl methyl sites for hydroxylation is 3. The van der Waals surface area contributed by atoms with Crippen LogP contribution in [0.1, 0.15) is 35.9 Å². The van der Waals surface area contributed by atoms with E-state index < -0.39 is 0 Å². The lowest BCUT2D eigenvalue weighted by atomic mass is 10.3. The van der Waals surface area contributed by atoms with Crippen molar-refractivity contribution in [2.75, 3.05) is 6.54 Å². The normalized spacial score (nSPS) is 10.8. The number of aromatic amines is 1. The first-order valence-electron chi connectivity index (χ1n) is 7.03. The lowest BCUT2D eigenvalue weighted by molar-refractivity contribution is 0.0941. The standard InChI is InChI=1S/C13H20N6OS/c1-4-11-15-16-13(21)18(11)7-6-14-12(20)10-8-9(3)17-19(10)5-2/h8H,4-7H2,1-3H3,(H,14,20)(H,16,21). The molecule has 0 atom stereocenters. The van der Waals surface area contributed by atoms with Gasteiger partial charge in [0.15, 0.2) is 4.77 Å². The van der Waals surface area contributed by atoms with Gasteiger partial charge in [-0.1, -0.05) is 6.92 Å². The zero-order valence-corrected chi connectivity index (χ0v) is 13.3. The van der Waals surface area contributed by atoms with Crippen molar-refractivity contribution in [3.8, 4) is 0 Å². The Hall–Kier alpha value is -1.96. The van der Waals surface area contributed by atoms with Crippen LogP contribution in [0.5, 0.6) is 0 Å². The summed E-state index contributed by atoms with van der Waals surface area (Å²) in [4.78, 5) is 12.2. The minimum atomic E-state index is -0.120. The van der Waals surface area contributed by atoms with Crippen LogP contribution in [0.2, 0.25) is 0 Å². The van der Waals surface area contributed by atoms with E-state index in [0.717, 1.165) is 17.9 Å². The van der Waals surface area contributed by atoms with Crippen molar-refractivity contribution in [2.24, 2.45) is 0 Å². The third-order valence-electron chi connectivity index (χ3n) is 3.21. The van der Waals surface area contributed by atoms with E-state index in [1.165, 1.54) is 0 Å². The first-order valence-corrected chi connectivity index (χ1v) is 7.44. The van der Waals surface area contributed by atoms with Gasteiger partial charge in [-0.2, -0.15) is 10.2 Å². The van der Waals surface area contributed by atoms with Gasteiger partial charge in [-0.05, 0) is 32.1 Å². The molecular formula is C13H20N6OS. The van der Waals surface area contributed by atoms with Gasteiger partial charge in [0, 0.05) is 26.1 Å². The van der Waals surface area contributed by atoms with Gasteiger partial charge < -0.3 is 9.88 Å². The molecule has 0 saturated carbocycles. The van der Waals surface area contributed by atoms with E-state index in [-0.39, 0.29) is 5.91 Å². The molecule has 2 rings (SSSR count). The highest BCUT2D eigenvalue weighted by molar-refractivity contribution is 7.71. The van der Waals surface area contributed by atoms with Crippen molar-refractivity contribution in [1.29, 1.82) is 0 Å². The van der Waals surface area contributed by atoms with E-state index in [1.54, 1.807) is 10.7 Å². The monoisotopic (exact) mass is 308 g/mol. The molecule has 0 unspecified atom stereocenters. The van der Waals surface area contributed by atoms with Crippen LogP contribution in [0.15, 0.2) is 6.07 Å². The SMILES string of the molecule is CCc1n[nH]c(=S)n1CCNC(=O)c1cc(C)nn1CC. The van der Waals surface area contributed by atoms with E-state index >= 15 is 0 Å². The maximum atomic E-state index is 12.2. The van der Waals surface area contributed by atoms with Gasteiger partial charge in [-0.3, -0.25) is 14.6 Å². The molecule has 0 spiro atoms. The quantitative estimate of drug-likeness (QED) is 0.792. The summed E-state index contributed by atoms with van der Waals surface area (Å²) in [7, 11) is 0. The highest BCUT2D eigenvalue weighted by atomic mass is 32.1. The van der Waals surface area contributed by atoms with E-state index in [1.807, 2.05) is 25.3 Å². The van der Waals surface area contributed by atoms with Crippen molar-refractivity contribution in [2.45, 2.75) is 40.3 Å². The summed E-state index contributed by atoms with van der Waals surface area (Å²) < 4.78 is 4.18. The number of H-pyrrole nitrogens is 1. The van der Waals surface area contributed by atoms with Crippen molar-refractivity contribution >= 4 is 18.1 Å². The number of nitrogens with one attached hydrogen (secondary N) is 2. The van der Waals surface area contributed by atoms with Crippen LogP contribution < -0.4 is 5.32 Å². The first-order chi connectivity index (χ1) is 10.1. The van der Waals surface area contributed by atoms with Crippen LogP contribution in [0, 0.1) is 11.7 Å². The van der Waals surface area contributed by atoms with Gasteiger partial charge in [0.1, 0.15) is 11.5 Å². The highest BCUT2D eigenvalue weighted by Gasteiger charge is 2.12. The van der Waals surface area contributed by atoms with Crippen molar-refractivity contribution in [1.82, 2.24) is 29.9 Å². The molecule has 0 radical (unpaired) electrons. The summed E-state index contributed by atoms with van der Waals surface area (Å²) in [5.41, 5.74) is 1.42. The van der Waals surface area contributed by atoms with Crippen LogP contribution in [-0.2, 0) is 19.5 Å². The number of carbonyl (C=O) groups excluding carboxylic acids is 1. The van der Waals surface area contributed by atoms with Crippen LogP contribution in [0.25, 0.3) is 0 Å². The molecule has 0 aliphatic heterocycles. The van der Waals surface area contributed by atoms with Gasteiger partial charge in [-0.15, -0.1) is 0 Å². The molecule has 0 aliphatic rings. The maximum absolute atomic E-state index is 12.2. The summed E-state index contributed by atoms with van der Waals surface area (Å²) in [6, 6.07) is 1.79. The number of amides is 1. The largest absolute Gasteiger partial charge is 0.349 e. The Morgan fingerprint density at radius 1 is 1.48 bits per heavy atom. The molecule has 21 heavy (non-hydrogen) atoms. The molecule has 2 aromatic heterocycles. The summed E-state index contributed by atoms with van der Waals surface area (Å²) in [5.74, 6) is 0.772. The number of carbonyl (C=O) groups is 1. The lowest BCUT2D eigenvalue weighted by Gasteiger charge is -2.08. The van der Waals surface area contributed by atoms with E-state index in [9.17, 15) is 4.79 Å². The molecule has 0 bridgehead atoms. The van der Waals surface area contributed by atoms with Crippen molar-refractivity contribution in [3.05, 3.63) is 28.0 Å². The molecule has 0 aliphatic carbocycles. The molecule has 0 fully saturated rings. The molecule has 0 aromatic carbocycles. The topological polar surface area (TPSA) is 80.5 Å². The van der Waals surface area contributed by atoms with Crippen LogP contribution >= 0.6 is 12.2 Å². The molecular weight excluding hydrogens is 288 g/mol. The molecule has 7 nitrogen and oxygen atoms in total. The predicted molar refractivity (Wildman–Crippen MR) is 81.8 cm³/mol. The third-order valence-corrected chi connectivity index (χ3v) is 3.52. The molecule has 114 valence electrons. The Labute approximate surface area is 128 Å². The van der Waals surface area contributed by atoms with Crippen LogP contribution in [-0.4, -0.2) is 37.0 Å². The number of nitrogens with zero attached hydrogens (tertiary/aromatic N) is 4. The first kappa shape index (κ1) is 15.4. The summed E-state index contributed by atoms with van der Waals surface area (Å²) in [6.45, 7) is 7.62. The Bertz CT molecular complexity index is 683. The third kappa shape index (κ3) is 3.38. The number of rotatable bonds is 6. The van der Waals surface area contributed by atoms with Crippen LogP contribution in [0.3, 0.4) is 0 Å². The zero-order chi connectivity index (χ0) is 15.4. The lowest BCUT2D eigenvalue weighted by Crippen LogP contribution is -2.29. The Morgan fingerprint density at radius 2 is 2.24 bits per heavy atom. The van der Waals surface area contributed by atoms with Gasteiger partial charge in [0.25, 0.3) is 5.91 Å². The summed E-state index contributed by atoms with van der Waals surface area (Å²) >= 11 is 5.17. The Balaban J connectivity index is 1.98. The maximum Gasteiger partial charge on any atom is 0.269 e. The summed E-state index contributed by atoms with van der Waals surface area (Å²) in [6.07, 6.45) is 0.795. The minimum Gasteiger partial charge on any atom is -0.349 e. The average molecular weight is 308 g/mol. The van der Waals surface area contributed by atoms with Gasteiger partial charge in [-0.25, -0.2) is 0 Å². The van der Waals surface area contributed by atoms with Crippen molar-refractivity contribution in [3.63, 3.8) is 0 Å². The average Bonchev–Trinajstić information content (AvgIpc) is 3.02. The fourth-order valence-corrected chi connectivity index (χ4v) is 2.43. The number of hydrogen-bond donors (Lipinski definition) is 2. The second-order valence-electron chi connectivity index (χ2n) is 4.69. The number of hydrogen-bond acceptors (Lipinski definition) is 4. The molecule has 2 aromatic rings. The predicted octanol–water partition coefficient (Wildman–Crippen LogP) is 1.46. The Kier molecular flexibility index (Phi) is 4.89. The van der Waals surface area contributed by atoms with E-state index in [4.69, 9.17) is 12.2 Å². The van der Waals surface area contributed by atoms with Crippen molar-refractivity contribution < 1.29 is 4.79 Å². The molecule has 1 amide bonds. The highest BCUT2D eigenvalue weighted by Crippen LogP contribution is 2.04. The van der Waals surface area contributed by atoms with Crippen LogP contribution in [0.4, 0.5) is 0 Å². The van der Waals surface area contributed by atoms with Gasteiger partial charge in [0.05, 0.1) is 5.69 Å². The smallest absolute Gasteiger partial charge is 0.269 e. The molecule has 2 heterocycles. The summed E-state index contributed by atoms with van der Waals surface area (Å²) in [5, 5.41) is 14.1. The second kappa shape index (κ2) is 6.66. The molecule has 0 saturated heterocycles. The zero-order valence-electron chi connectivity index (χ0n) is 12.5. The second-order valence-corrected chi connectivity index (χ2v) is 5.08. The van der Waals surface area contributed by atoms with E-state index in [0.29, 0.717) is 30.1 Å². The van der Waals surface area contributed by atoms with Gasteiger partial charge >= 0.3 is 0 Å². The Morgan fingerprint density at radius 3 is 2.90 bits per heavy atom. The minimum absolute atomic E-state index is 0.120.